The molecule has 0 bridgehead atoms. The minimum atomic E-state index is -4.07. The highest BCUT2D eigenvalue weighted by atomic mass is 79.9. The molecule has 9 heteroatoms. The second-order valence-electron chi connectivity index (χ2n) is 2.82. The zero-order valence-corrected chi connectivity index (χ0v) is 11.7. The molecule has 0 saturated carbocycles. The van der Waals surface area contributed by atoms with Crippen molar-refractivity contribution in [2.45, 2.75) is 0 Å². The number of carbonyl (C=O) groups is 1. The Balaban J connectivity index is 2.90. The molecule has 0 saturated heterocycles. The molecule has 0 unspecified atom stereocenters. The molecule has 1 aromatic rings. The third-order valence-electron chi connectivity index (χ3n) is 1.58. The van der Waals surface area contributed by atoms with Crippen molar-refractivity contribution in [3.63, 3.8) is 0 Å². The van der Waals surface area contributed by atoms with Crippen LogP contribution in [0.4, 0.5) is 10.5 Å². The van der Waals surface area contributed by atoms with Gasteiger partial charge in [-0.15, -0.1) is 0 Å². The van der Waals surface area contributed by atoms with E-state index < -0.39 is 16.3 Å². The molecular weight excluding hydrogens is 336 g/mol. The van der Waals surface area contributed by atoms with Crippen LogP contribution in [0.3, 0.4) is 0 Å². The van der Waals surface area contributed by atoms with E-state index in [9.17, 15) is 13.2 Å². The SMILES string of the molecule is COC(=O)NS(=O)(=O)Nc1cc(Br)ccc1Cl. The van der Waals surface area contributed by atoms with Gasteiger partial charge in [0.05, 0.1) is 17.8 Å². The Labute approximate surface area is 112 Å². The Bertz CT molecular complexity index is 534. The quantitative estimate of drug-likeness (QED) is 0.880. The van der Waals surface area contributed by atoms with Crippen LogP contribution in [-0.4, -0.2) is 21.6 Å². The minimum absolute atomic E-state index is 0.137. The maximum Gasteiger partial charge on any atom is 0.422 e. The number of hydrogen-bond donors (Lipinski definition) is 2. The number of hydrogen-bond acceptors (Lipinski definition) is 4. The number of amides is 1. The van der Waals surface area contributed by atoms with Crippen molar-refractivity contribution < 1.29 is 17.9 Å². The summed E-state index contributed by atoms with van der Waals surface area (Å²) in [5.74, 6) is 0. The summed E-state index contributed by atoms with van der Waals surface area (Å²) in [5, 5.41) is 0.198. The Hall–Kier alpha value is -0.990. The van der Waals surface area contributed by atoms with Gasteiger partial charge < -0.3 is 4.74 Å². The smallest absolute Gasteiger partial charge is 0.422 e. The molecule has 1 rings (SSSR count). The van der Waals surface area contributed by atoms with E-state index in [0.29, 0.717) is 4.47 Å². The van der Waals surface area contributed by atoms with Crippen molar-refractivity contribution in [3.05, 3.63) is 27.7 Å². The summed E-state index contributed by atoms with van der Waals surface area (Å²) in [4.78, 5) is 10.8. The topological polar surface area (TPSA) is 84.5 Å². The summed E-state index contributed by atoms with van der Waals surface area (Å²) < 4.78 is 31.4. The Morgan fingerprint density at radius 1 is 1.47 bits per heavy atom. The van der Waals surface area contributed by atoms with Gasteiger partial charge in [-0.1, -0.05) is 27.5 Å². The molecule has 0 fully saturated rings. The van der Waals surface area contributed by atoms with Crippen LogP contribution in [0.1, 0.15) is 0 Å². The molecule has 0 heterocycles. The molecule has 0 spiro atoms. The molecule has 0 radical (unpaired) electrons. The van der Waals surface area contributed by atoms with Crippen LogP contribution in [0.5, 0.6) is 0 Å². The lowest BCUT2D eigenvalue weighted by Crippen LogP contribution is -2.35. The van der Waals surface area contributed by atoms with Gasteiger partial charge in [0.2, 0.25) is 0 Å². The predicted octanol–water partition coefficient (Wildman–Crippen LogP) is 2.12. The number of halogens is 2. The second-order valence-corrected chi connectivity index (χ2v) is 5.56. The van der Waals surface area contributed by atoms with Crippen molar-refractivity contribution in [2.24, 2.45) is 0 Å². The Morgan fingerprint density at radius 3 is 2.71 bits per heavy atom. The van der Waals surface area contributed by atoms with E-state index in [1.54, 1.807) is 10.8 Å². The molecule has 1 aromatic carbocycles. The average Bonchev–Trinajstić information content (AvgIpc) is 2.22. The fourth-order valence-corrected chi connectivity index (χ4v) is 2.29. The molecule has 6 nitrogen and oxygen atoms in total. The number of anilines is 1. The monoisotopic (exact) mass is 342 g/mol. The van der Waals surface area contributed by atoms with Crippen LogP contribution in [0.2, 0.25) is 5.02 Å². The maximum atomic E-state index is 11.4. The summed E-state index contributed by atoms with van der Waals surface area (Å²) in [6, 6.07) is 4.61. The first kappa shape index (κ1) is 14.1. The van der Waals surface area contributed by atoms with E-state index in [1.165, 1.54) is 12.1 Å². The Morgan fingerprint density at radius 2 is 2.12 bits per heavy atom. The standard InChI is InChI=1S/C8H8BrClN2O4S/c1-16-8(13)12-17(14,15)11-7-4-5(9)2-3-6(7)10/h2-4,11H,1H3,(H,12,13). The third kappa shape index (κ3) is 4.41. The molecule has 0 aromatic heterocycles. The van der Waals surface area contributed by atoms with Crippen LogP contribution in [0.25, 0.3) is 0 Å². The van der Waals surface area contributed by atoms with Gasteiger partial charge in [0.25, 0.3) is 0 Å². The molecular formula is C8H8BrClN2O4S. The lowest BCUT2D eigenvalue weighted by atomic mass is 10.3. The number of rotatable bonds is 3. The molecule has 17 heavy (non-hydrogen) atoms. The van der Waals surface area contributed by atoms with Gasteiger partial charge in [-0.3, -0.25) is 4.72 Å². The van der Waals surface area contributed by atoms with Crippen LogP contribution in [0, 0.1) is 0 Å². The average molecular weight is 344 g/mol. The van der Waals surface area contributed by atoms with Gasteiger partial charge in [0.1, 0.15) is 0 Å². The van der Waals surface area contributed by atoms with E-state index in [0.717, 1.165) is 7.11 Å². The number of ether oxygens (including phenoxy) is 1. The van der Waals surface area contributed by atoms with Gasteiger partial charge in [-0.2, -0.15) is 8.42 Å². The van der Waals surface area contributed by atoms with Crippen molar-refractivity contribution >= 4 is 49.5 Å². The highest BCUT2D eigenvalue weighted by Crippen LogP contribution is 2.26. The van der Waals surface area contributed by atoms with Crippen LogP contribution in [0.15, 0.2) is 22.7 Å². The van der Waals surface area contributed by atoms with Crippen molar-refractivity contribution in [3.8, 4) is 0 Å². The van der Waals surface area contributed by atoms with Gasteiger partial charge >= 0.3 is 16.3 Å². The fourth-order valence-electron chi connectivity index (χ4n) is 0.897. The first-order chi connectivity index (χ1) is 7.84. The fraction of sp³-hybridized carbons (Fsp3) is 0.125. The minimum Gasteiger partial charge on any atom is -0.452 e. The highest BCUT2D eigenvalue weighted by molar-refractivity contribution is 9.10. The highest BCUT2D eigenvalue weighted by Gasteiger charge is 2.15. The largest absolute Gasteiger partial charge is 0.452 e. The van der Waals surface area contributed by atoms with Gasteiger partial charge in [-0.25, -0.2) is 9.52 Å². The first-order valence-corrected chi connectivity index (χ1v) is 6.83. The number of carbonyl (C=O) groups excluding carboxylic acids is 1. The maximum absolute atomic E-state index is 11.4. The lowest BCUT2D eigenvalue weighted by Gasteiger charge is -2.10. The zero-order chi connectivity index (χ0) is 13.1. The summed E-state index contributed by atoms with van der Waals surface area (Å²) in [5.41, 5.74) is 0.137. The van der Waals surface area contributed by atoms with E-state index in [1.807, 2.05) is 0 Å². The lowest BCUT2D eigenvalue weighted by molar-refractivity contribution is 0.177. The van der Waals surface area contributed by atoms with Crippen LogP contribution in [-0.2, 0) is 14.9 Å². The summed E-state index contributed by atoms with van der Waals surface area (Å²) in [6.45, 7) is 0. The molecule has 0 aliphatic rings. The molecule has 1 amide bonds. The molecule has 0 aliphatic carbocycles. The van der Waals surface area contributed by atoms with Crippen LogP contribution >= 0.6 is 27.5 Å². The molecule has 0 aliphatic heterocycles. The molecule has 2 N–H and O–H groups in total. The predicted molar refractivity (Wildman–Crippen MR) is 67.2 cm³/mol. The van der Waals surface area contributed by atoms with Crippen molar-refractivity contribution in [1.29, 1.82) is 0 Å². The first-order valence-electron chi connectivity index (χ1n) is 4.17. The van der Waals surface area contributed by atoms with Gasteiger partial charge in [-0.05, 0) is 18.2 Å². The van der Waals surface area contributed by atoms with E-state index >= 15 is 0 Å². The molecule has 0 atom stereocenters. The Kier molecular flexibility index (Phi) is 4.61. The normalized spacial score (nSPS) is 10.8. The van der Waals surface area contributed by atoms with Crippen LogP contribution < -0.4 is 9.44 Å². The van der Waals surface area contributed by atoms with Gasteiger partial charge in [0, 0.05) is 4.47 Å². The van der Waals surface area contributed by atoms with Crippen molar-refractivity contribution in [1.82, 2.24) is 4.72 Å². The summed E-state index contributed by atoms with van der Waals surface area (Å²) in [6.07, 6.45) is -1.09. The van der Waals surface area contributed by atoms with Gasteiger partial charge in [0.15, 0.2) is 0 Å². The number of benzene rings is 1. The third-order valence-corrected chi connectivity index (χ3v) is 3.32. The van der Waals surface area contributed by atoms with E-state index in [2.05, 4.69) is 25.4 Å². The molecule has 94 valence electrons. The van der Waals surface area contributed by atoms with E-state index in [-0.39, 0.29) is 10.7 Å². The zero-order valence-electron chi connectivity index (χ0n) is 8.53. The van der Waals surface area contributed by atoms with Crippen molar-refractivity contribution in [2.75, 3.05) is 11.8 Å². The number of methoxy groups -OCH3 is 1. The summed E-state index contributed by atoms with van der Waals surface area (Å²) in [7, 11) is -3.01. The number of nitrogens with one attached hydrogen (secondary N) is 2. The summed E-state index contributed by atoms with van der Waals surface area (Å²) >= 11 is 8.94. The second kappa shape index (κ2) is 5.56. The van der Waals surface area contributed by atoms with E-state index in [4.69, 9.17) is 11.6 Å².